The number of hydrazone groups is 1. The Kier molecular flexibility index (Phi) is 9.88. The van der Waals surface area contributed by atoms with E-state index in [9.17, 15) is 9.59 Å². The summed E-state index contributed by atoms with van der Waals surface area (Å²) in [6.45, 7) is 13.3. The number of rotatable bonds is 11. The molecular formula is C32H38N2O5. The van der Waals surface area contributed by atoms with Crippen LogP contribution in [0.2, 0.25) is 0 Å². The number of carbonyl (C=O) groups is 2. The summed E-state index contributed by atoms with van der Waals surface area (Å²) in [5.41, 5.74) is 5.05. The van der Waals surface area contributed by atoms with Crippen molar-refractivity contribution in [3.05, 3.63) is 89.5 Å². The number of hydrogen-bond donors (Lipinski definition) is 1. The molecule has 0 aromatic heterocycles. The predicted molar refractivity (Wildman–Crippen MR) is 154 cm³/mol. The molecule has 0 heterocycles. The normalized spacial score (nSPS) is 11.7. The Morgan fingerprint density at radius 2 is 1.56 bits per heavy atom. The van der Waals surface area contributed by atoms with E-state index in [2.05, 4.69) is 45.1 Å². The molecule has 0 saturated carbocycles. The molecule has 0 radical (unpaired) electrons. The first-order chi connectivity index (χ1) is 18.5. The van der Waals surface area contributed by atoms with Gasteiger partial charge in [0.1, 0.15) is 5.75 Å². The Labute approximate surface area is 231 Å². The summed E-state index contributed by atoms with van der Waals surface area (Å²) in [6.07, 6.45) is 2.53. The minimum Gasteiger partial charge on any atom is -0.490 e. The molecule has 39 heavy (non-hydrogen) atoms. The van der Waals surface area contributed by atoms with Crippen molar-refractivity contribution >= 4 is 18.1 Å². The van der Waals surface area contributed by atoms with E-state index < -0.39 is 5.97 Å². The highest BCUT2D eigenvalue weighted by Gasteiger charge is 2.27. The molecule has 0 saturated heterocycles. The fraction of sp³-hybridized carbons (Fsp3) is 0.344. The zero-order valence-electron chi connectivity index (χ0n) is 23.6. The lowest BCUT2D eigenvalue weighted by Gasteiger charge is -2.33. The number of hydrogen-bond acceptors (Lipinski definition) is 6. The van der Waals surface area contributed by atoms with E-state index in [0.29, 0.717) is 35.0 Å². The molecule has 0 bridgehead atoms. The summed E-state index contributed by atoms with van der Waals surface area (Å²) < 4.78 is 16.8. The van der Waals surface area contributed by atoms with Crippen LogP contribution in [0.4, 0.5) is 0 Å². The van der Waals surface area contributed by atoms with Crippen molar-refractivity contribution in [2.75, 3.05) is 13.2 Å². The average Bonchev–Trinajstić information content (AvgIpc) is 2.88. The molecule has 0 aliphatic rings. The van der Waals surface area contributed by atoms with Gasteiger partial charge in [-0.25, -0.2) is 10.2 Å². The fourth-order valence-electron chi connectivity index (χ4n) is 4.48. The van der Waals surface area contributed by atoms with Crippen LogP contribution in [0, 0.1) is 5.41 Å². The van der Waals surface area contributed by atoms with Crippen LogP contribution in [-0.4, -0.2) is 31.3 Å². The Hall–Kier alpha value is -4.13. The maximum absolute atomic E-state index is 12.4. The minimum atomic E-state index is -0.478. The van der Waals surface area contributed by atoms with Crippen LogP contribution >= 0.6 is 0 Å². The second-order valence-corrected chi connectivity index (χ2v) is 11.1. The smallest absolute Gasteiger partial charge is 0.343 e. The monoisotopic (exact) mass is 530 g/mol. The molecule has 0 unspecified atom stereocenters. The van der Waals surface area contributed by atoms with Gasteiger partial charge in [0.2, 0.25) is 0 Å². The van der Waals surface area contributed by atoms with E-state index in [1.165, 1.54) is 11.8 Å². The van der Waals surface area contributed by atoms with Gasteiger partial charge in [-0.15, -0.1) is 0 Å². The molecule has 1 amide bonds. The summed E-state index contributed by atoms with van der Waals surface area (Å²) in [4.78, 5) is 24.7. The molecular weight excluding hydrogens is 492 g/mol. The second-order valence-electron chi connectivity index (χ2n) is 11.1. The van der Waals surface area contributed by atoms with Gasteiger partial charge in [0.25, 0.3) is 5.91 Å². The largest absolute Gasteiger partial charge is 0.490 e. The number of carbonyl (C=O) groups excluding carboxylic acids is 2. The van der Waals surface area contributed by atoms with E-state index in [-0.39, 0.29) is 23.3 Å². The number of benzene rings is 3. The van der Waals surface area contributed by atoms with Crippen molar-refractivity contribution in [3.63, 3.8) is 0 Å². The number of ether oxygens (including phenoxy) is 3. The van der Waals surface area contributed by atoms with Crippen LogP contribution in [0.15, 0.2) is 77.9 Å². The van der Waals surface area contributed by atoms with Crippen LogP contribution in [-0.2, 0) is 10.2 Å². The second kappa shape index (κ2) is 13.1. The van der Waals surface area contributed by atoms with E-state index in [1.807, 2.05) is 37.3 Å². The van der Waals surface area contributed by atoms with Crippen molar-refractivity contribution in [2.24, 2.45) is 10.5 Å². The van der Waals surface area contributed by atoms with E-state index in [4.69, 9.17) is 14.2 Å². The van der Waals surface area contributed by atoms with E-state index in [0.717, 1.165) is 6.42 Å². The molecule has 0 spiro atoms. The quantitative estimate of drug-likeness (QED) is 0.132. The maximum atomic E-state index is 12.4. The van der Waals surface area contributed by atoms with Crippen LogP contribution in [0.3, 0.4) is 0 Å². The minimum absolute atomic E-state index is 0.0344. The molecule has 1 N–H and O–H groups in total. The first-order valence-corrected chi connectivity index (χ1v) is 13.1. The molecule has 0 aliphatic heterocycles. The van der Waals surface area contributed by atoms with Gasteiger partial charge >= 0.3 is 5.97 Å². The molecule has 0 fully saturated rings. The third-order valence-corrected chi connectivity index (χ3v) is 5.86. The lowest BCUT2D eigenvalue weighted by Crippen LogP contribution is -2.25. The van der Waals surface area contributed by atoms with Gasteiger partial charge in [-0.3, -0.25) is 4.79 Å². The summed E-state index contributed by atoms with van der Waals surface area (Å²) >= 11 is 0. The number of esters is 1. The van der Waals surface area contributed by atoms with Crippen molar-refractivity contribution in [1.29, 1.82) is 0 Å². The van der Waals surface area contributed by atoms with Crippen LogP contribution < -0.4 is 19.6 Å². The van der Waals surface area contributed by atoms with Crippen LogP contribution in [0.1, 0.15) is 69.4 Å². The van der Waals surface area contributed by atoms with Gasteiger partial charge in [-0.2, -0.15) is 5.10 Å². The third kappa shape index (κ3) is 9.28. The molecule has 3 aromatic rings. The summed E-state index contributed by atoms with van der Waals surface area (Å²) in [6, 6.07) is 21.6. The molecule has 0 atom stereocenters. The average molecular weight is 531 g/mol. The number of nitrogens with one attached hydrogen (secondary N) is 1. The zero-order valence-corrected chi connectivity index (χ0v) is 23.6. The lowest BCUT2D eigenvalue weighted by atomic mass is 9.72. The highest BCUT2D eigenvalue weighted by molar-refractivity contribution is 5.91. The fourth-order valence-corrected chi connectivity index (χ4v) is 4.48. The Bertz CT molecular complexity index is 1280. The zero-order chi connectivity index (χ0) is 28.5. The van der Waals surface area contributed by atoms with E-state index >= 15 is 0 Å². The van der Waals surface area contributed by atoms with Gasteiger partial charge in [-0.1, -0.05) is 65.0 Å². The maximum Gasteiger partial charge on any atom is 0.343 e. The molecule has 7 nitrogen and oxygen atoms in total. The molecule has 3 rings (SSSR count). The van der Waals surface area contributed by atoms with Crippen molar-refractivity contribution in [3.8, 4) is 17.2 Å². The van der Waals surface area contributed by atoms with Crippen LogP contribution in [0.25, 0.3) is 0 Å². The van der Waals surface area contributed by atoms with Gasteiger partial charge in [0.05, 0.1) is 18.4 Å². The van der Waals surface area contributed by atoms with Gasteiger partial charge in [0.15, 0.2) is 18.1 Å². The van der Waals surface area contributed by atoms with Gasteiger partial charge < -0.3 is 14.2 Å². The topological polar surface area (TPSA) is 86.2 Å². The Morgan fingerprint density at radius 3 is 2.21 bits per heavy atom. The Balaban J connectivity index is 1.53. The van der Waals surface area contributed by atoms with Crippen molar-refractivity contribution in [1.82, 2.24) is 5.43 Å². The Morgan fingerprint density at radius 1 is 0.872 bits per heavy atom. The standard InChI is InChI=1S/C32H38N2O5/c1-7-37-28-19-23(13-18-27(28)39-30(36)24-11-9-8-10-12-24)20-33-34-29(35)21-38-26-16-14-25(15-17-26)32(5,6)22-31(2,3)4/h8-20H,7,21-22H2,1-6H3,(H,34,35)/b33-20-. The number of nitrogens with zero attached hydrogens (tertiary/aromatic N) is 1. The molecule has 7 heteroatoms. The van der Waals surface area contributed by atoms with E-state index in [1.54, 1.807) is 42.5 Å². The molecule has 3 aromatic carbocycles. The van der Waals surface area contributed by atoms with Crippen molar-refractivity contribution in [2.45, 2.75) is 53.4 Å². The van der Waals surface area contributed by atoms with Gasteiger partial charge in [-0.05, 0) is 77.8 Å². The number of amides is 1. The predicted octanol–water partition coefficient (Wildman–Crippen LogP) is 6.55. The molecule has 206 valence electrons. The third-order valence-electron chi connectivity index (χ3n) is 5.86. The lowest BCUT2D eigenvalue weighted by molar-refractivity contribution is -0.123. The summed E-state index contributed by atoms with van der Waals surface area (Å²) in [7, 11) is 0. The molecule has 0 aliphatic carbocycles. The highest BCUT2D eigenvalue weighted by atomic mass is 16.6. The van der Waals surface area contributed by atoms with Crippen LogP contribution in [0.5, 0.6) is 17.2 Å². The first kappa shape index (κ1) is 29.4. The van der Waals surface area contributed by atoms with Gasteiger partial charge in [0, 0.05) is 0 Å². The highest BCUT2D eigenvalue weighted by Crippen LogP contribution is 2.36. The van der Waals surface area contributed by atoms with Crippen molar-refractivity contribution < 1.29 is 23.8 Å². The first-order valence-electron chi connectivity index (χ1n) is 13.1. The SMILES string of the molecule is CCOc1cc(/C=N\NC(=O)COc2ccc(C(C)(C)CC(C)(C)C)cc2)ccc1OC(=O)c1ccccc1. The summed E-state index contributed by atoms with van der Waals surface area (Å²) in [5, 5.41) is 4.01. The summed E-state index contributed by atoms with van der Waals surface area (Å²) in [5.74, 6) is 0.448.